The summed E-state index contributed by atoms with van der Waals surface area (Å²) in [7, 11) is -3.05. The Morgan fingerprint density at radius 1 is 0.957 bits per heavy atom. The molecular formula is C18H26N2O2S. The maximum atomic E-state index is 12.7. The Kier molecular flexibility index (Phi) is 4.20. The fourth-order valence-corrected chi connectivity index (χ4v) is 6.37. The average molecular weight is 334 g/mol. The van der Waals surface area contributed by atoms with Gasteiger partial charge in [-0.15, -0.1) is 0 Å². The molecule has 1 saturated heterocycles. The lowest BCUT2D eigenvalue weighted by Gasteiger charge is -2.47. The van der Waals surface area contributed by atoms with Crippen LogP contribution in [-0.2, 0) is 23.0 Å². The first kappa shape index (κ1) is 15.6. The van der Waals surface area contributed by atoms with Gasteiger partial charge in [-0.2, -0.15) is 4.31 Å². The first-order chi connectivity index (χ1) is 11.1. The van der Waals surface area contributed by atoms with Gasteiger partial charge in [-0.05, 0) is 30.4 Å². The number of rotatable bonds is 3. The Bertz CT molecular complexity index is 661. The lowest BCUT2D eigenvalue weighted by Crippen LogP contribution is -2.62. The molecule has 0 amide bonds. The van der Waals surface area contributed by atoms with Crippen molar-refractivity contribution < 1.29 is 8.42 Å². The van der Waals surface area contributed by atoms with E-state index in [0.29, 0.717) is 19.1 Å². The summed E-state index contributed by atoms with van der Waals surface area (Å²) in [5.74, 6) is 0. The highest BCUT2D eigenvalue weighted by Crippen LogP contribution is 2.31. The van der Waals surface area contributed by atoms with E-state index in [1.807, 2.05) is 0 Å². The Balaban J connectivity index is 1.37. The second-order valence-corrected chi connectivity index (χ2v) is 9.48. The van der Waals surface area contributed by atoms with Gasteiger partial charge in [-0.25, -0.2) is 8.42 Å². The lowest BCUT2D eigenvalue weighted by atomic mass is 9.97. The molecule has 2 heterocycles. The van der Waals surface area contributed by atoms with Gasteiger partial charge >= 0.3 is 0 Å². The highest BCUT2D eigenvalue weighted by Gasteiger charge is 2.42. The zero-order chi connectivity index (χ0) is 15.9. The average Bonchev–Trinajstić information content (AvgIpc) is 2.54. The number of benzene rings is 1. The van der Waals surface area contributed by atoms with E-state index in [0.717, 1.165) is 45.2 Å². The van der Waals surface area contributed by atoms with Crippen molar-refractivity contribution in [2.24, 2.45) is 0 Å². The van der Waals surface area contributed by atoms with Crippen LogP contribution < -0.4 is 0 Å². The molecule has 0 radical (unpaired) electrons. The Morgan fingerprint density at radius 2 is 1.65 bits per heavy atom. The van der Waals surface area contributed by atoms with Crippen LogP contribution in [0.25, 0.3) is 0 Å². The van der Waals surface area contributed by atoms with E-state index in [1.165, 1.54) is 17.5 Å². The highest BCUT2D eigenvalue weighted by atomic mass is 32.2. The van der Waals surface area contributed by atoms with Gasteiger partial charge in [0.05, 0.1) is 5.25 Å². The molecule has 1 aromatic rings. The van der Waals surface area contributed by atoms with Crippen molar-refractivity contribution in [3.8, 4) is 0 Å². The minimum atomic E-state index is -3.05. The molecule has 0 atom stereocenters. The maximum absolute atomic E-state index is 12.7. The predicted molar refractivity (Wildman–Crippen MR) is 91.7 cm³/mol. The van der Waals surface area contributed by atoms with Crippen LogP contribution in [0.5, 0.6) is 0 Å². The van der Waals surface area contributed by atoms with Crippen LogP contribution in [0.4, 0.5) is 0 Å². The van der Waals surface area contributed by atoms with E-state index in [1.54, 1.807) is 4.31 Å². The minimum Gasteiger partial charge on any atom is -0.293 e. The summed E-state index contributed by atoms with van der Waals surface area (Å²) in [6, 6.07) is 9.03. The van der Waals surface area contributed by atoms with E-state index in [4.69, 9.17) is 0 Å². The molecule has 4 nitrogen and oxygen atoms in total. The number of hydrogen-bond donors (Lipinski definition) is 0. The fourth-order valence-electron chi connectivity index (χ4n) is 4.26. The number of sulfonamides is 1. The molecule has 1 aromatic carbocycles. The summed E-state index contributed by atoms with van der Waals surface area (Å²) >= 11 is 0. The molecule has 2 aliphatic heterocycles. The standard InChI is InChI=1S/C18H26N2O2S/c21-23(22,18-8-2-1-3-9-18)20-13-17(14-20)19-11-10-15-6-4-5-7-16(15)12-19/h4-7,17-18H,1-3,8-14H2. The molecule has 0 aromatic heterocycles. The summed E-state index contributed by atoms with van der Waals surface area (Å²) in [6.45, 7) is 3.42. The van der Waals surface area contributed by atoms with Crippen molar-refractivity contribution in [3.63, 3.8) is 0 Å². The first-order valence-electron chi connectivity index (χ1n) is 8.94. The molecule has 23 heavy (non-hydrogen) atoms. The van der Waals surface area contributed by atoms with Crippen LogP contribution in [0.15, 0.2) is 24.3 Å². The Morgan fingerprint density at radius 3 is 2.39 bits per heavy atom. The summed E-state index contributed by atoms with van der Waals surface area (Å²) < 4.78 is 27.1. The topological polar surface area (TPSA) is 40.6 Å². The SMILES string of the molecule is O=S(=O)(C1CCCCC1)N1CC(N2CCc3ccccc3C2)C1. The molecular weight excluding hydrogens is 308 g/mol. The third kappa shape index (κ3) is 2.94. The van der Waals surface area contributed by atoms with Crippen LogP contribution in [-0.4, -0.2) is 48.5 Å². The summed E-state index contributed by atoms with van der Waals surface area (Å²) in [5, 5.41) is -0.112. The van der Waals surface area contributed by atoms with E-state index < -0.39 is 10.0 Å². The van der Waals surface area contributed by atoms with Crippen molar-refractivity contribution in [1.29, 1.82) is 0 Å². The molecule has 3 aliphatic rings. The van der Waals surface area contributed by atoms with Crippen LogP contribution in [0.1, 0.15) is 43.2 Å². The van der Waals surface area contributed by atoms with Gasteiger partial charge in [-0.3, -0.25) is 4.90 Å². The van der Waals surface area contributed by atoms with Crippen molar-refractivity contribution >= 4 is 10.0 Å². The largest absolute Gasteiger partial charge is 0.293 e. The molecule has 0 N–H and O–H groups in total. The van der Waals surface area contributed by atoms with Crippen LogP contribution in [0.3, 0.4) is 0 Å². The molecule has 0 spiro atoms. The maximum Gasteiger partial charge on any atom is 0.217 e. The lowest BCUT2D eigenvalue weighted by molar-refractivity contribution is 0.0759. The number of hydrogen-bond acceptors (Lipinski definition) is 3. The Hall–Kier alpha value is -0.910. The van der Waals surface area contributed by atoms with Crippen molar-refractivity contribution in [3.05, 3.63) is 35.4 Å². The Labute approximate surface area is 139 Å². The van der Waals surface area contributed by atoms with Gasteiger partial charge in [0.25, 0.3) is 0 Å². The van der Waals surface area contributed by atoms with E-state index >= 15 is 0 Å². The minimum absolute atomic E-state index is 0.112. The third-order valence-electron chi connectivity index (χ3n) is 5.84. The predicted octanol–water partition coefficient (Wildman–Crippen LogP) is 2.39. The highest BCUT2D eigenvalue weighted by molar-refractivity contribution is 7.89. The monoisotopic (exact) mass is 334 g/mol. The second kappa shape index (κ2) is 6.19. The van der Waals surface area contributed by atoms with Gasteiger partial charge < -0.3 is 0 Å². The molecule has 0 unspecified atom stereocenters. The first-order valence-corrected chi connectivity index (χ1v) is 10.4. The normalized spacial score (nSPS) is 25.0. The molecule has 4 rings (SSSR count). The van der Waals surface area contributed by atoms with E-state index in [2.05, 4.69) is 29.2 Å². The van der Waals surface area contributed by atoms with E-state index in [-0.39, 0.29) is 5.25 Å². The van der Waals surface area contributed by atoms with Crippen molar-refractivity contribution in [1.82, 2.24) is 9.21 Å². The van der Waals surface area contributed by atoms with Crippen LogP contribution in [0.2, 0.25) is 0 Å². The van der Waals surface area contributed by atoms with Gasteiger partial charge in [0.2, 0.25) is 10.0 Å². The van der Waals surface area contributed by atoms with E-state index in [9.17, 15) is 8.42 Å². The number of nitrogens with zero attached hydrogens (tertiary/aromatic N) is 2. The quantitative estimate of drug-likeness (QED) is 0.852. The van der Waals surface area contributed by atoms with Gasteiger partial charge in [-0.1, -0.05) is 43.5 Å². The van der Waals surface area contributed by atoms with Crippen LogP contribution >= 0.6 is 0 Å². The zero-order valence-corrected chi connectivity index (χ0v) is 14.5. The summed E-state index contributed by atoms with van der Waals surface area (Å²) in [5.41, 5.74) is 2.86. The van der Waals surface area contributed by atoms with Crippen LogP contribution in [0, 0.1) is 0 Å². The fraction of sp³-hybridized carbons (Fsp3) is 0.667. The molecule has 126 valence electrons. The van der Waals surface area contributed by atoms with Crippen molar-refractivity contribution in [2.45, 2.75) is 56.4 Å². The smallest absolute Gasteiger partial charge is 0.217 e. The van der Waals surface area contributed by atoms with Gasteiger partial charge in [0, 0.05) is 32.2 Å². The third-order valence-corrected chi connectivity index (χ3v) is 8.17. The second-order valence-electron chi connectivity index (χ2n) is 7.26. The van der Waals surface area contributed by atoms with Crippen molar-refractivity contribution in [2.75, 3.05) is 19.6 Å². The molecule has 5 heteroatoms. The zero-order valence-electron chi connectivity index (χ0n) is 13.7. The molecule has 1 aliphatic carbocycles. The molecule has 1 saturated carbocycles. The summed E-state index contributed by atoms with van der Waals surface area (Å²) in [4.78, 5) is 2.47. The van der Waals surface area contributed by atoms with Gasteiger partial charge in [0.15, 0.2) is 0 Å². The molecule has 0 bridgehead atoms. The number of fused-ring (bicyclic) bond motifs is 1. The summed E-state index contributed by atoms with van der Waals surface area (Å²) in [6.07, 6.45) is 6.15. The molecule has 2 fully saturated rings. The van der Waals surface area contributed by atoms with Gasteiger partial charge in [0.1, 0.15) is 0 Å².